The first-order valence-electron chi connectivity index (χ1n) is 5.58. The van der Waals surface area contributed by atoms with E-state index in [1.807, 2.05) is 42.3 Å². The second kappa shape index (κ2) is 6.59. The maximum atomic E-state index is 11.8. The third-order valence-electron chi connectivity index (χ3n) is 2.75. The van der Waals surface area contributed by atoms with Crippen LogP contribution in [0.15, 0.2) is 35.2 Å². The van der Waals surface area contributed by atoms with Gasteiger partial charge in [-0.25, -0.2) is 0 Å². The van der Waals surface area contributed by atoms with Crippen LogP contribution in [-0.2, 0) is 4.79 Å². The van der Waals surface area contributed by atoms with Crippen LogP contribution in [0.4, 0.5) is 0 Å². The molecule has 0 bridgehead atoms. The summed E-state index contributed by atoms with van der Waals surface area (Å²) < 4.78 is 0. The highest BCUT2D eigenvalue weighted by molar-refractivity contribution is 8.00. The Morgan fingerprint density at radius 3 is 2.56 bits per heavy atom. The molecule has 0 heterocycles. The summed E-state index contributed by atoms with van der Waals surface area (Å²) >= 11 is 1.59. The monoisotopic (exact) mass is 237 g/mol. The van der Waals surface area contributed by atoms with Crippen LogP contribution in [0.1, 0.15) is 20.3 Å². The first kappa shape index (κ1) is 13.1. The van der Waals surface area contributed by atoms with Crippen molar-refractivity contribution in [2.24, 2.45) is 0 Å². The summed E-state index contributed by atoms with van der Waals surface area (Å²) in [4.78, 5) is 14.8. The lowest BCUT2D eigenvalue weighted by Crippen LogP contribution is -2.35. The van der Waals surface area contributed by atoms with Crippen molar-refractivity contribution in [3.63, 3.8) is 0 Å². The maximum Gasteiger partial charge on any atom is 0.232 e. The van der Waals surface area contributed by atoms with Crippen molar-refractivity contribution in [1.29, 1.82) is 0 Å². The third kappa shape index (κ3) is 3.89. The standard InChI is InChI=1S/C13H19NOS/c1-4-11(2)14(3)13(15)10-16-12-8-6-5-7-9-12/h5-9,11H,4,10H2,1-3H3/t11-/m1/s1. The number of hydrogen-bond acceptors (Lipinski definition) is 2. The van der Waals surface area contributed by atoms with Gasteiger partial charge in [-0.15, -0.1) is 11.8 Å². The van der Waals surface area contributed by atoms with Gasteiger partial charge in [0, 0.05) is 18.0 Å². The zero-order chi connectivity index (χ0) is 12.0. The number of carbonyl (C=O) groups is 1. The fraction of sp³-hybridized carbons (Fsp3) is 0.462. The fourth-order valence-electron chi connectivity index (χ4n) is 1.28. The van der Waals surface area contributed by atoms with E-state index in [1.165, 1.54) is 0 Å². The quantitative estimate of drug-likeness (QED) is 0.734. The van der Waals surface area contributed by atoms with E-state index in [4.69, 9.17) is 0 Å². The molecule has 88 valence electrons. The largest absolute Gasteiger partial charge is 0.342 e. The van der Waals surface area contributed by atoms with E-state index in [9.17, 15) is 4.79 Å². The van der Waals surface area contributed by atoms with Gasteiger partial charge in [0.2, 0.25) is 5.91 Å². The highest BCUT2D eigenvalue weighted by Gasteiger charge is 2.13. The van der Waals surface area contributed by atoms with E-state index in [2.05, 4.69) is 13.8 Å². The van der Waals surface area contributed by atoms with Crippen molar-refractivity contribution in [1.82, 2.24) is 4.90 Å². The van der Waals surface area contributed by atoms with Crippen LogP contribution in [0.3, 0.4) is 0 Å². The summed E-state index contributed by atoms with van der Waals surface area (Å²) in [6.45, 7) is 4.17. The Morgan fingerprint density at radius 2 is 2.00 bits per heavy atom. The SMILES string of the molecule is CC[C@@H](C)N(C)C(=O)CSc1ccccc1. The molecule has 1 aromatic carbocycles. The molecule has 1 amide bonds. The summed E-state index contributed by atoms with van der Waals surface area (Å²) in [5.74, 6) is 0.716. The smallest absolute Gasteiger partial charge is 0.232 e. The van der Waals surface area contributed by atoms with Crippen molar-refractivity contribution >= 4 is 17.7 Å². The molecule has 0 spiro atoms. The molecule has 0 aliphatic rings. The molecule has 0 radical (unpaired) electrons. The Hall–Kier alpha value is -0.960. The number of hydrogen-bond donors (Lipinski definition) is 0. The lowest BCUT2D eigenvalue weighted by Gasteiger charge is -2.23. The van der Waals surface area contributed by atoms with Crippen LogP contribution in [0.5, 0.6) is 0 Å². The van der Waals surface area contributed by atoms with E-state index >= 15 is 0 Å². The molecule has 0 aliphatic heterocycles. The average molecular weight is 237 g/mol. The molecular formula is C13H19NOS. The topological polar surface area (TPSA) is 20.3 Å². The molecule has 1 atom stereocenters. The third-order valence-corrected chi connectivity index (χ3v) is 3.75. The van der Waals surface area contributed by atoms with Gasteiger partial charge < -0.3 is 4.90 Å². The molecule has 0 N–H and O–H groups in total. The molecule has 2 nitrogen and oxygen atoms in total. The molecule has 0 fully saturated rings. The summed E-state index contributed by atoms with van der Waals surface area (Å²) in [7, 11) is 1.88. The first-order valence-corrected chi connectivity index (χ1v) is 6.57. The van der Waals surface area contributed by atoms with Crippen LogP contribution in [0.2, 0.25) is 0 Å². The van der Waals surface area contributed by atoms with Crippen LogP contribution in [0.25, 0.3) is 0 Å². The summed E-state index contributed by atoms with van der Waals surface area (Å²) in [5.41, 5.74) is 0. The minimum atomic E-state index is 0.197. The zero-order valence-corrected chi connectivity index (χ0v) is 11.0. The molecule has 1 aromatic rings. The second-order valence-corrected chi connectivity index (χ2v) is 4.91. The average Bonchev–Trinajstić information content (AvgIpc) is 2.35. The Morgan fingerprint density at radius 1 is 1.38 bits per heavy atom. The molecule has 0 saturated heterocycles. The molecular weight excluding hydrogens is 218 g/mol. The summed E-state index contributed by atoms with van der Waals surface area (Å²) in [5, 5.41) is 0. The van der Waals surface area contributed by atoms with E-state index in [0.717, 1.165) is 11.3 Å². The Bertz CT molecular complexity index is 326. The van der Waals surface area contributed by atoms with Gasteiger partial charge in [-0.3, -0.25) is 4.79 Å². The molecule has 0 saturated carbocycles. The van der Waals surface area contributed by atoms with Crippen LogP contribution in [0, 0.1) is 0 Å². The van der Waals surface area contributed by atoms with Crippen LogP contribution < -0.4 is 0 Å². The van der Waals surface area contributed by atoms with Crippen LogP contribution in [-0.4, -0.2) is 29.6 Å². The lowest BCUT2D eigenvalue weighted by molar-refractivity contribution is -0.128. The predicted octanol–water partition coefficient (Wildman–Crippen LogP) is 3.04. The zero-order valence-electron chi connectivity index (χ0n) is 10.1. The second-order valence-electron chi connectivity index (χ2n) is 3.86. The normalized spacial score (nSPS) is 12.2. The number of carbonyl (C=O) groups excluding carboxylic acids is 1. The highest BCUT2D eigenvalue weighted by Crippen LogP contribution is 2.17. The number of amides is 1. The molecule has 0 unspecified atom stereocenters. The molecule has 3 heteroatoms. The number of benzene rings is 1. The summed E-state index contributed by atoms with van der Waals surface area (Å²) in [6, 6.07) is 10.3. The van der Waals surface area contributed by atoms with Gasteiger partial charge in [-0.05, 0) is 25.5 Å². The minimum absolute atomic E-state index is 0.197. The van der Waals surface area contributed by atoms with E-state index in [1.54, 1.807) is 11.8 Å². The fourth-order valence-corrected chi connectivity index (χ4v) is 2.13. The van der Waals surface area contributed by atoms with Crippen LogP contribution >= 0.6 is 11.8 Å². The predicted molar refractivity (Wildman–Crippen MR) is 69.7 cm³/mol. The van der Waals surface area contributed by atoms with Crippen molar-refractivity contribution in [2.45, 2.75) is 31.2 Å². The minimum Gasteiger partial charge on any atom is -0.342 e. The van der Waals surface area contributed by atoms with Crippen molar-refractivity contribution in [2.75, 3.05) is 12.8 Å². The van der Waals surface area contributed by atoms with E-state index in [-0.39, 0.29) is 5.91 Å². The van der Waals surface area contributed by atoms with Gasteiger partial charge in [0.1, 0.15) is 0 Å². The van der Waals surface area contributed by atoms with E-state index in [0.29, 0.717) is 11.8 Å². The highest BCUT2D eigenvalue weighted by atomic mass is 32.2. The molecule has 16 heavy (non-hydrogen) atoms. The van der Waals surface area contributed by atoms with Gasteiger partial charge in [-0.2, -0.15) is 0 Å². The van der Waals surface area contributed by atoms with E-state index < -0.39 is 0 Å². The first-order chi connectivity index (χ1) is 7.65. The van der Waals surface area contributed by atoms with Gasteiger partial charge in [0.05, 0.1) is 5.75 Å². The Labute approximate surface area is 102 Å². The van der Waals surface area contributed by atoms with Gasteiger partial charge in [-0.1, -0.05) is 25.1 Å². The summed E-state index contributed by atoms with van der Waals surface area (Å²) in [6.07, 6.45) is 0.998. The molecule has 1 rings (SSSR count). The van der Waals surface area contributed by atoms with Gasteiger partial charge >= 0.3 is 0 Å². The number of nitrogens with zero attached hydrogens (tertiary/aromatic N) is 1. The lowest BCUT2D eigenvalue weighted by atomic mass is 10.2. The van der Waals surface area contributed by atoms with Crippen molar-refractivity contribution in [3.8, 4) is 0 Å². The molecule has 0 aliphatic carbocycles. The van der Waals surface area contributed by atoms with Gasteiger partial charge in [0.25, 0.3) is 0 Å². The Kier molecular flexibility index (Phi) is 5.39. The van der Waals surface area contributed by atoms with Gasteiger partial charge in [0.15, 0.2) is 0 Å². The molecule has 0 aromatic heterocycles. The Balaban J connectivity index is 2.41. The van der Waals surface area contributed by atoms with Crippen molar-refractivity contribution < 1.29 is 4.79 Å². The maximum absolute atomic E-state index is 11.8. The number of rotatable bonds is 5. The number of thioether (sulfide) groups is 1. The van der Waals surface area contributed by atoms with Crippen molar-refractivity contribution in [3.05, 3.63) is 30.3 Å².